The van der Waals surface area contributed by atoms with Crippen molar-refractivity contribution in [2.24, 2.45) is 5.92 Å². The van der Waals surface area contributed by atoms with Crippen LogP contribution in [0.5, 0.6) is 0 Å². The first-order valence-corrected chi connectivity index (χ1v) is 8.14. The molecule has 0 radical (unpaired) electrons. The third-order valence-electron chi connectivity index (χ3n) is 4.27. The molecule has 25 heavy (non-hydrogen) atoms. The van der Waals surface area contributed by atoms with Crippen LogP contribution in [-0.4, -0.2) is 42.7 Å². The van der Waals surface area contributed by atoms with E-state index in [0.29, 0.717) is 42.8 Å². The van der Waals surface area contributed by atoms with Crippen molar-refractivity contribution in [2.45, 2.75) is 6.42 Å². The number of halogens is 1. The molecular weight excluding hydrogens is 323 g/mol. The molecule has 1 fully saturated rings. The molecule has 0 saturated carbocycles. The van der Waals surface area contributed by atoms with Gasteiger partial charge in [0.05, 0.1) is 18.0 Å². The highest BCUT2D eigenvalue weighted by atomic mass is 19.1. The predicted octanol–water partition coefficient (Wildman–Crippen LogP) is 2.97. The largest absolute Gasteiger partial charge is 0.396 e. The first-order chi connectivity index (χ1) is 12.1. The van der Waals surface area contributed by atoms with Crippen LogP contribution in [0, 0.1) is 11.7 Å². The van der Waals surface area contributed by atoms with Gasteiger partial charge in [-0.05, 0) is 42.8 Å². The van der Waals surface area contributed by atoms with Crippen LogP contribution in [0.2, 0.25) is 0 Å². The van der Waals surface area contributed by atoms with Gasteiger partial charge in [-0.2, -0.15) is 0 Å². The van der Waals surface area contributed by atoms with Gasteiger partial charge < -0.3 is 15.4 Å². The van der Waals surface area contributed by atoms with Gasteiger partial charge in [-0.3, -0.25) is 5.32 Å². The Labute approximate surface area is 145 Å². The molecule has 6 nitrogen and oxygen atoms in total. The van der Waals surface area contributed by atoms with Crippen molar-refractivity contribution in [3.63, 3.8) is 0 Å². The first-order valence-electron chi connectivity index (χ1n) is 8.14. The molecule has 1 unspecified atom stereocenters. The molecule has 132 valence electrons. The molecule has 2 aromatic rings. The summed E-state index contributed by atoms with van der Waals surface area (Å²) in [6.45, 7) is 1.97. The number of nitrogen functional groups attached to an aromatic ring is 1. The SMILES string of the molecule is COCC1CCN(C(=O)Nc2nc(-c3ccc(F)cc3)ccc2N)C1. The number of carbonyl (C=O) groups excluding carboxylic acids is 1. The number of rotatable bonds is 4. The third-order valence-corrected chi connectivity index (χ3v) is 4.27. The number of nitrogens with one attached hydrogen (secondary N) is 1. The van der Waals surface area contributed by atoms with Crippen LogP contribution in [0.1, 0.15) is 6.42 Å². The van der Waals surface area contributed by atoms with Gasteiger partial charge in [0.2, 0.25) is 0 Å². The zero-order valence-electron chi connectivity index (χ0n) is 14.0. The lowest BCUT2D eigenvalue weighted by molar-refractivity contribution is 0.154. The van der Waals surface area contributed by atoms with E-state index in [9.17, 15) is 9.18 Å². The summed E-state index contributed by atoms with van der Waals surface area (Å²) in [5.74, 6) is 0.348. The Kier molecular flexibility index (Phi) is 5.14. The fourth-order valence-corrected chi connectivity index (χ4v) is 2.92. The lowest BCUT2D eigenvalue weighted by Gasteiger charge is -2.18. The van der Waals surface area contributed by atoms with Gasteiger partial charge in [0.15, 0.2) is 5.82 Å². The normalized spacial score (nSPS) is 16.9. The number of methoxy groups -OCH3 is 1. The van der Waals surface area contributed by atoms with E-state index in [4.69, 9.17) is 10.5 Å². The van der Waals surface area contributed by atoms with E-state index in [2.05, 4.69) is 10.3 Å². The van der Waals surface area contributed by atoms with Gasteiger partial charge in [-0.25, -0.2) is 14.2 Å². The Balaban J connectivity index is 1.73. The van der Waals surface area contributed by atoms with E-state index in [1.54, 1.807) is 36.3 Å². The third kappa shape index (κ3) is 4.06. The van der Waals surface area contributed by atoms with Crippen molar-refractivity contribution in [2.75, 3.05) is 37.9 Å². The van der Waals surface area contributed by atoms with Gasteiger partial charge in [0, 0.05) is 31.7 Å². The second kappa shape index (κ2) is 7.48. The maximum atomic E-state index is 13.1. The number of hydrogen-bond acceptors (Lipinski definition) is 4. The fraction of sp³-hybridized carbons (Fsp3) is 0.333. The van der Waals surface area contributed by atoms with Crippen molar-refractivity contribution in [1.82, 2.24) is 9.88 Å². The van der Waals surface area contributed by atoms with Gasteiger partial charge in [0.1, 0.15) is 5.82 Å². The standard InChI is InChI=1S/C18H21FN4O2/c1-25-11-12-8-9-23(10-12)18(24)22-17-15(20)6-7-16(21-17)13-2-4-14(19)5-3-13/h2-7,12H,8-11,20H2,1H3,(H,21,22,24). The molecule has 1 aliphatic heterocycles. The van der Waals surface area contributed by atoms with E-state index in [0.717, 1.165) is 12.0 Å². The van der Waals surface area contributed by atoms with Crippen LogP contribution < -0.4 is 11.1 Å². The molecule has 0 aliphatic carbocycles. The number of benzene rings is 1. The second-order valence-corrected chi connectivity index (χ2v) is 6.13. The average Bonchev–Trinajstić information content (AvgIpc) is 3.07. The molecule has 3 N–H and O–H groups in total. The van der Waals surface area contributed by atoms with E-state index < -0.39 is 0 Å². The number of pyridine rings is 1. The molecule has 1 saturated heterocycles. The molecule has 3 rings (SSSR count). The molecule has 0 spiro atoms. The molecule has 2 heterocycles. The van der Waals surface area contributed by atoms with E-state index in [1.807, 2.05) is 0 Å². The predicted molar refractivity (Wildman–Crippen MR) is 94.6 cm³/mol. The van der Waals surface area contributed by atoms with Crippen LogP contribution in [-0.2, 0) is 4.74 Å². The smallest absolute Gasteiger partial charge is 0.323 e. The van der Waals surface area contributed by atoms with Gasteiger partial charge >= 0.3 is 6.03 Å². The Bertz CT molecular complexity index is 751. The Morgan fingerprint density at radius 1 is 1.36 bits per heavy atom. The molecule has 7 heteroatoms. The first kappa shape index (κ1) is 17.2. The lowest BCUT2D eigenvalue weighted by atomic mass is 10.1. The topological polar surface area (TPSA) is 80.5 Å². The van der Waals surface area contributed by atoms with Crippen molar-refractivity contribution in [3.05, 3.63) is 42.2 Å². The summed E-state index contributed by atoms with van der Waals surface area (Å²) in [4.78, 5) is 18.6. The lowest BCUT2D eigenvalue weighted by Crippen LogP contribution is -2.33. The number of nitrogens with two attached hydrogens (primary N) is 1. The number of anilines is 2. The number of urea groups is 1. The number of amides is 2. The summed E-state index contributed by atoms with van der Waals surface area (Å²) in [6, 6.07) is 9.19. The second-order valence-electron chi connectivity index (χ2n) is 6.13. The number of likely N-dealkylation sites (tertiary alicyclic amines) is 1. The Hall–Kier alpha value is -2.67. The highest BCUT2D eigenvalue weighted by Gasteiger charge is 2.26. The van der Waals surface area contributed by atoms with Crippen molar-refractivity contribution >= 4 is 17.5 Å². The maximum Gasteiger partial charge on any atom is 0.323 e. The van der Waals surface area contributed by atoms with E-state index in [-0.39, 0.29) is 11.8 Å². The molecule has 1 atom stereocenters. The van der Waals surface area contributed by atoms with Gasteiger partial charge in [0.25, 0.3) is 0 Å². The summed E-state index contributed by atoms with van der Waals surface area (Å²) in [5, 5.41) is 2.77. The number of nitrogens with zero attached hydrogens (tertiary/aromatic N) is 2. The summed E-state index contributed by atoms with van der Waals surface area (Å²) in [6.07, 6.45) is 0.916. The Morgan fingerprint density at radius 2 is 2.12 bits per heavy atom. The van der Waals surface area contributed by atoms with Crippen molar-refractivity contribution < 1.29 is 13.9 Å². The fourth-order valence-electron chi connectivity index (χ4n) is 2.92. The van der Waals surface area contributed by atoms with Gasteiger partial charge in [-0.1, -0.05) is 0 Å². The quantitative estimate of drug-likeness (QED) is 0.893. The highest BCUT2D eigenvalue weighted by Crippen LogP contribution is 2.24. The minimum atomic E-state index is -0.313. The van der Waals surface area contributed by atoms with Crippen LogP contribution in [0.4, 0.5) is 20.7 Å². The molecule has 1 aromatic heterocycles. The summed E-state index contributed by atoms with van der Waals surface area (Å²) < 4.78 is 18.2. The highest BCUT2D eigenvalue weighted by molar-refractivity contribution is 5.91. The van der Waals surface area contributed by atoms with E-state index in [1.165, 1.54) is 12.1 Å². The maximum absolute atomic E-state index is 13.1. The van der Waals surface area contributed by atoms with Crippen LogP contribution in [0.15, 0.2) is 36.4 Å². The summed E-state index contributed by atoms with van der Waals surface area (Å²) in [5.41, 5.74) is 7.68. The molecular formula is C18H21FN4O2. The molecule has 1 aliphatic rings. The minimum Gasteiger partial charge on any atom is -0.396 e. The zero-order chi connectivity index (χ0) is 17.8. The minimum absolute atomic E-state index is 0.228. The van der Waals surface area contributed by atoms with Crippen molar-refractivity contribution in [3.8, 4) is 11.3 Å². The van der Waals surface area contributed by atoms with Crippen LogP contribution >= 0.6 is 0 Å². The summed E-state index contributed by atoms with van der Waals surface area (Å²) >= 11 is 0. The molecule has 0 bridgehead atoms. The van der Waals surface area contributed by atoms with E-state index >= 15 is 0 Å². The van der Waals surface area contributed by atoms with Crippen LogP contribution in [0.25, 0.3) is 11.3 Å². The Morgan fingerprint density at radius 3 is 2.84 bits per heavy atom. The number of carbonyl (C=O) groups is 1. The molecule has 1 aromatic carbocycles. The number of hydrogen-bond donors (Lipinski definition) is 2. The molecule has 2 amide bonds. The average molecular weight is 344 g/mol. The number of ether oxygens (including phenoxy) is 1. The number of aromatic nitrogens is 1. The van der Waals surface area contributed by atoms with Crippen molar-refractivity contribution in [1.29, 1.82) is 0 Å². The van der Waals surface area contributed by atoms with Gasteiger partial charge in [-0.15, -0.1) is 0 Å². The van der Waals surface area contributed by atoms with Crippen LogP contribution in [0.3, 0.4) is 0 Å². The summed E-state index contributed by atoms with van der Waals surface area (Å²) in [7, 11) is 1.66. The monoisotopic (exact) mass is 344 g/mol. The zero-order valence-corrected chi connectivity index (χ0v) is 14.0.